The third-order valence-electron chi connectivity index (χ3n) is 7.79. The molecule has 1 saturated carbocycles. The van der Waals surface area contributed by atoms with Crippen molar-refractivity contribution < 1.29 is 5.11 Å². The van der Waals surface area contributed by atoms with Crippen LogP contribution in [0.15, 0.2) is 30.5 Å². The molecule has 0 unspecified atom stereocenters. The second-order valence-electron chi connectivity index (χ2n) is 10.8. The molecule has 2 aromatic heterocycles. The fourth-order valence-electron chi connectivity index (χ4n) is 5.52. The first-order valence-corrected chi connectivity index (χ1v) is 13.7. The molecule has 3 aromatic rings. The van der Waals surface area contributed by atoms with Crippen LogP contribution in [0.3, 0.4) is 0 Å². The van der Waals surface area contributed by atoms with Crippen LogP contribution in [-0.4, -0.2) is 80.0 Å². The van der Waals surface area contributed by atoms with Gasteiger partial charge in [0.1, 0.15) is 5.69 Å². The molecule has 8 nitrogen and oxygen atoms in total. The van der Waals surface area contributed by atoms with E-state index in [4.69, 9.17) is 10.1 Å². The summed E-state index contributed by atoms with van der Waals surface area (Å²) in [6.45, 7) is 9.86. The Hall–Kier alpha value is -2.55. The van der Waals surface area contributed by atoms with E-state index in [9.17, 15) is 5.11 Å². The van der Waals surface area contributed by atoms with Crippen LogP contribution in [0, 0.1) is 0 Å². The minimum absolute atomic E-state index is 0.197. The average Bonchev–Trinajstić information content (AvgIpc) is 3.25. The van der Waals surface area contributed by atoms with Crippen molar-refractivity contribution in [2.45, 2.75) is 77.1 Å². The number of aliphatic hydroxyl groups excluding tert-OH is 1. The number of hydrogen-bond donors (Lipinski definition) is 2. The normalized spacial score (nSPS) is 22.7. The second kappa shape index (κ2) is 11.2. The van der Waals surface area contributed by atoms with Crippen LogP contribution in [0.2, 0.25) is 0 Å². The molecule has 2 aliphatic rings. The summed E-state index contributed by atoms with van der Waals surface area (Å²) in [6, 6.07) is 9.42. The summed E-state index contributed by atoms with van der Waals surface area (Å²) in [6.07, 6.45) is 7.38. The Morgan fingerprint density at radius 3 is 2.47 bits per heavy atom. The van der Waals surface area contributed by atoms with Crippen molar-refractivity contribution in [3.05, 3.63) is 36.0 Å². The maximum atomic E-state index is 10.0. The Kier molecular flexibility index (Phi) is 7.84. The van der Waals surface area contributed by atoms with Gasteiger partial charge in [-0.3, -0.25) is 4.90 Å². The Morgan fingerprint density at radius 2 is 1.78 bits per heavy atom. The largest absolute Gasteiger partial charge is 0.393 e. The van der Waals surface area contributed by atoms with Gasteiger partial charge in [-0.25, -0.2) is 9.67 Å². The smallest absolute Gasteiger partial charge is 0.224 e. The quantitative estimate of drug-likeness (QED) is 0.486. The van der Waals surface area contributed by atoms with E-state index in [2.05, 4.69) is 69.9 Å². The zero-order valence-corrected chi connectivity index (χ0v) is 22.0. The Morgan fingerprint density at radius 1 is 1.06 bits per heavy atom. The van der Waals surface area contributed by atoms with Crippen LogP contribution in [0.4, 0.5) is 5.95 Å². The molecule has 36 heavy (non-hydrogen) atoms. The van der Waals surface area contributed by atoms with Gasteiger partial charge >= 0.3 is 0 Å². The third kappa shape index (κ3) is 5.71. The van der Waals surface area contributed by atoms with Crippen LogP contribution in [-0.2, 0) is 6.54 Å². The number of aromatic nitrogens is 4. The highest BCUT2D eigenvalue weighted by molar-refractivity contribution is 5.91. The molecule has 0 amide bonds. The van der Waals surface area contributed by atoms with Crippen molar-refractivity contribution in [2.75, 3.05) is 38.5 Å². The van der Waals surface area contributed by atoms with Gasteiger partial charge < -0.3 is 15.3 Å². The van der Waals surface area contributed by atoms with Crippen molar-refractivity contribution in [3.63, 3.8) is 0 Å². The van der Waals surface area contributed by atoms with Gasteiger partial charge in [-0.1, -0.05) is 37.6 Å². The number of aliphatic hydroxyl groups is 1. The number of nitrogens with one attached hydrogen (secondary N) is 1. The maximum absolute atomic E-state index is 10.0. The molecule has 3 heterocycles. The van der Waals surface area contributed by atoms with Crippen molar-refractivity contribution >= 4 is 17.0 Å². The van der Waals surface area contributed by atoms with Crippen LogP contribution < -0.4 is 5.32 Å². The Balaban J connectivity index is 1.42. The number of anilines is 1. The summed E-state index contributed by atoms with van der Waals surface area (Å²) in [5.74, 6) is 0.662. The summed E-state index contributed by atoms with van der Waals surface area (Å²) in [5, 5.41) is 19.6. The van der Waals surface area contributed by atoms with Crippen LogP contribution >= 0.6 is 0 Å². The molecule has 2 N–H and O–H groups in total. The van der Waals surface area contributed by atoms with E-state index in [1.807, 2.05) is 6.20 Å². The summed E-state index contributed by atoms with van der Waals surface area (Å²) in [5.41, 5.74) is 4.26. The van der Waals surface area contributed by atoms with E-state index in [-0.39, 0.29) is 12.1 Å². The molecule has 1 aliphatic heterocycles. The van der Waals surface area contributed by atoms with Crippen LogP contribution in [0.1, 0.15) is 64.0 Å². The fourth-order valence-corrected chi connectivity index (χ4v) is 5.52. The number of fused-ring (bicyclic) bond motifs is 1. The monoisotopic (exact) mass is 491 g/mol. The van der Waals surface area contributed by atoms with Gasteiger partial charge in [0.05, 0.1) is 17.5 Å². The first-order valence-electron chi connectivity index (χ1n) is 13.7. The zero-order valence-electron chi connectivity index (χ0n) is 22.0. The van der Waals surface area contributed by atoms with Crippen LogP contribution in [0.5, 0.6) is 0 Å². The molecule has 8 heteroatoms. The van der Waals surface area contributed by atoms with E-state index in [0.717, 1.165) is 93.5 Å². The molecule has 1 aliphatic carbocycles. The summed E-state index contributed by atoms with van der Waals surface area (Å²) in [4.78, 5) is 14.5. The highest BCUT2D eigenvalue weighted by Crippen LogP contribution is 2.34. The second-order valence-corrected chi connectivity index (χ2v) is 10.8. The molecule has 5 rings (SSSR count). The Labute approximate surface area is 214 Å². The third-order valence-corrected chi connectivity index (χ3v) is 7.79. The van der Waals surface area contributed by atoms with Gasteiger partial charge in [-0.05, 0) is 51.6 Å². The van der Waals surface area contributed by atoms with Gasteiger partial charge in [0.15, 0.2) is 5.65 Å². The summed E-state index contributed by atoms with van der Waals surface area (Å²) >= 11 is 0. The van der Waals surface area contributed by atoms with Gasteiger partial charge in [0.2, 0.25) is 5.95 Å². The van der Waals surface area contributed by atoms with E-state index in [1.165, 1.54) is 5.56 Å². The average molecular weight is 492 g/mol. The standard InChI is InChI=1S/C28H41N7O/c1-4-5-20(2)30-28-29-18-25-26(32-35(27(25)31-28)23-10-12-24(36)13-11-23)22-8-6-21(7-9-22)19-34-16-14-33(3)15-17-34/h6-9,18,20,23-24,36H,4-5,10-17,19H2,1-3H3,(H,29,30,31)/t20-,23-,24-/m0/s1. The number of hydrogen-bond acceptors (Lipinski definition) is 7. The number of rotatable bonds is 8. The number of likely N-dealkylation sites (N-methyl/N-ethyl adjacent to an activating group) is 1. The topological polar surface area (TPSA) is 82.3 Å². The first-order chi connectivity index (χ1) is 17.5. The highest BCUT2D eigenvalue weighted by Gasteiger charge is 2.26. The van der Waals surface area contributed by atoms with Crippen molar-refractivity contribution in [3.8, 4) is 11.3 Å². The van der Waals surface area contributed by atoms with Crippen molar-refractivity contribution in [1.29, 1.82) is 0 Å². The predicted molar refractivity (Wildman–Crippen MR) is 145 cm³/mol. The van der Waals surface area contributed by atoms with E-state index >= 15 is 0 Å². The SMILES string of the molecule is CCC[C@H](C)Nc1ncc2c(-c3ccc(CN4CCN(C)CC4)cc3)nn([C@H]3CC[C@H](O)CC3)c2n1. The summed E-state index contributed by atoms with van der Waals surface area (Å²) < 4.78 is 2.10. The van der Waals surface area contributed by atoms with E-state index < -0.39 is 0 Å². The van der Waals surface area contributed by atoms with Gasteiger partial charge in [0, 0.05) is 50.5 Å². The lowest BCUT2D eigenvalue weighted by Gasteiger charge is -2.32. The van der Waals surface area contributed by atoms with Gasteiger partial charge in [0.25, 0.3) is 0 Å². The van der Waals surface area contributed by atoms with Crippen molar-refractivity contribution in [1.82, 2.24) is 29.5 Å². The molecule has 1 aromatic carbocycles. The molecular formula is C28H41N7O. The Bertz CT molecular complexity index is 1130. The molecule has 1 saturated heterocycles. The lowest BCUT2D eigenvalue weighted by Crippen LogP contribution is -2.43. The zero-order chi connectivity index (χ0) is 25.1. The summed E-state index contributed by atoms with van der Waals surface area (Å²) in [7, 11) is 2.19. The van der Waals surface area contributed by atoms with Crippen LogP contribution in [0.25, 0.3) is 22.3 Å². The molecule has 0 radical (unpaired) electrons. The van der Waals surface area contributed by atoms with Gasteiger partial charge in [-0.2, -0.15) is 10.1 Å². The highest BCUT2D eigenvalue weighted by atomic mass is 16.3. The van der Waals surface area contributed by atoms with E-state index in [1.54, 1.807) is 0 Å². The fraction of sp³-hybridized carbons (Fsp3) is 0.607. The van der Waals surface area contributed by atoms with Gasteiger partial charge in [-0.15, -0.1) is 0 Å². The minimum atomic E-state index is -0.197. The molecule has 0 bridgehead atoms. The lowest BCUT2D eigenvalue weighted by atomic mass is 9.93. The number of benzene rings is 1. The predicted octanol–water partition coefficient (Wildman–Crippen LogP) is 4.32. The van der Waals surface area contributed by atoms with Crippen molar-refractivity contribution in [2.24, 2.45) is 0 Å². The number of piperazine rings is 1. The first kappa shape index (κ1) is 25.1. The molecular weight excluding hydrogens is 450 g/mol. The maximum Gasteiger partial charge on any atom is 0.224 e. The molecule has 194 valence electrons. The molecule has 1 atom stereocenters. The molecule has 2 fully saturated rings. The molecule has 0 spiro atoms. The lowest BCUT2D eigenvalue weighted by molar-refractivity contribution is 0.109. The number of nitrogens with zero attached hydrogens (tertiary/aromatic N) is 6. The van der Waals surface area contributed by atoms with E-state index in [0.29, 0.717) is 12.0 Å². The minimum Gasteiger partial charge on any atom is -0.393 e.